The Hall–Kier alpha value is -1.02. The van der Waals surface area contributed by atoms with Gasteiger partial charge in [-0.25, -0.2) is 0 Å². The van der Waals surface area contributed by atoms with Crippen LogP contribution in [-0.4, -0.2) is 20.6 Å². The Morgan fingerprint density at radius 3 is 2.17 bits per heavy atom. The van der Waals surface area contributed by atoms with Crippen LogP contribution >= 0.6 is 0 Å². The van der Waals surface area contributed by atoms with Gasteiger partial charge in [0.05, 0.1) is 0 Å². The second kappa shape index (κ2) is 7.42. The largest absolute Gasteiger partial charge is 0.378 e. The fourth-order valence-electron chi connectivity index (χ4n) is 2.26. The lowest BCUT2D eigenvalue weighted by Crippen LogP contribution is -2.21. The lowest BCUT2D eigenvalue weighted by atomic mass is 9.99. The van der Waals surface area contributed by atoms with Crippen molar-refractivity contribution in [2.45, 2.75) is 33.7 Å². The van der Waals surface area contributed by atoms with Crippen molar-refractivity contribution in [1.82, 2.24) is 5.32 Å². The lowest BCUT2D eigenvalue weighted by Gasteiger charge is -2.15. The van der Waals surface area contributed by atoms with Gasteiger partial charge in [-0.15, -0.1) is 0 Å². The van der Waals surface area contributed by atoms with E-state index < -0.39 is 0 Å². The second-order valence-corrected chi connectivity index (χ2v) is 5.93. The lowest BCUT2D eigenvalue weighted by molar-refractivity contribution is 0.414. The number of nitrogens with one attached hydrogen (secondary N) is 1. The number of nitrogens with zero attached hydrogens (tertiary/aromatic N) is 1. The molecule has 1 aromatic carbocycles. The first-order valence-electron chi connectivity index (χ1n) is 6.96. The highest BCUT2D eigenvalue weighted by Crippen LogP contribution is 2.13. The molecule has 2 heteroatoms. The molecule has 0 spiro atoms. The van der Waals surface area contributed by atoms with Crippen molar-refractivity contribution >= 4 is 5.69 Å². The normalized spacial score (nSPS) is 12.8. The minimum Gasteiger partial charge on any atom is -0.378 e. The van der Waals surface area contributed by atoms with Crippen molar-refractivity contribution < 1.29 is 0 Å². The molecular formula is C16H28N2. The Bertz CT molecular complexity index is 327. The molecule has 0 radical (unpaired) electrons. The molecule has 1 unspecified atom stereocenters. The maximum atomic E-state index is 3.54. The number of anilines is 1. The summed E-state index contributed by atoms with van der Waals surface area (Å²) in [5.41, 5.74) is 2.62. The first kappa shape index (κ1) is 15.0. The Morgan fingerprint density at radius 2 is 1.67 bits per heavy atom. The number of hydrogen-bond acceptors (Lipinski definition) is 2. The molecule has 1 aromatic rings. The molecule has 2 nitrogen and oxygen atoms in total. The van der Waals surface area contributed by atoms with Crippen LogP contribution in [0.5, 0.6) is 0 Å². The summed E-state index contributed by atoms with van der Waals surface area (Å²) < 4.78 is 0. The molecule has 0 heterocycles. The minimum atomic E-state index is 0.756. The van der Waals surface area contributed by atoms with Gasteiger partial charge in [0.1, 0.15) is 0 Å². The molecule has 0 saturated carbocycles. The fourth-order valence-corrected chi connectivity index (χ4v) is 2.26. The van der Waals surface area contributed by atoms with E-state index in [0.717, 1.165) is 24.9 Å². The van der Waals surface area contributed by atoms with Gasteiger partial charge < -0.3 is 10.2 Å². The molecule has 0 aliphatic heterocycles. The van der Waals surface area contributed by atoms with Gasteiger partial charge in [-0.05, 0) is 42.5 Å². The number of benzene rings is 1. The van der Waals surface area contributed by atoms with E-state index in [1.54, 1.807) is 0 Å². The van der Waals surface area contributed by atoms with E-state index in [4.69, 9.17) is 0 Å². The third-order valence-electron chi connectivity index (χ3n) is 3.15. The van der Waals surface area contributed by atoms with Crippen LogP contribution in [0.1, 0.15) is 32.8 Å². The zero-order valence-corrected chi connectivity index (χ0v) is 12.5. The molecule has 0 bridgehead atoms. The molecule has 0 fully saturated rings. The quantitative estimate of drug-likeness (QED) is 0.794. The number of hydrogen-bond donors (Lipinski definition) is 1. The van der Waals surface area contributed by atoms with E-state index in [-0.39, 0.29) is 0 Å². The van der Waals surface area contributed by atoms with Crippen LogP contribution in [0.4, 0.5) is 5.69 Å². The fraction of sp³-hybridized carbons (Fsp3) is 0.625. The van der Waals surface area contributed by atoms with Crippen molar-refractivity contribution in [1.29, 1.82) is 0 Å². The Balaban J connectivity index is 2.31. The van der Waals surface area contributed by atoms with E-state index >= 15 is 0 Å². The van der Waals surface area contributed by atoms with Gasteiger partial charge in [-0.3, -0.25) is 0 Å². The van der Waals surface area contributed by atoms with E-state index in [0.29, 0.717) is 0 Å². The zero-order chi connectivity index (χ0) is 13.5. The van der Waals surface area contributed by atoms with Crippen LogP contribution in [0.25, 0.3) is 0 Å². The summed E-state index contributed by atoms with van der Waals surface area (Å²) in [5, 5.41) is 3.54. The van der Waals surface area contributed by atoms with E-state index in [2.05, 4.69) is 69.3 Å². The molecule has 18 heavy (non-hydrogen) atoms. The van der Waals surface area contributed by atoms with Gasteiger partial charge in [0.15, 0.2) is 0 Å². The Labute approximate surface area is 112 Å². The van der Waals surface area contributed by atoms with Gasteiger partial charge in [0.2, 0.25) is 0 Å². The molecule has 1 rings (SSSR count). The molecule has 1 atom stereocenters. The summed E-state index contributed by atoms with van der Waals surface area (Å²) in [5.74, 6) is 1.55. The highest BCUT2D eigenvalue weighted by atomic mass is 15.1. The minimum absolute atomic E-state index is 0.756. The van der Waals surface area contributed by atoms with Crippen LogP contribution in [0.3, 0.4) is 0 Å². The topological polar surface area (TPSA) is 15.3 Å². The van der Waals surface area contributed by atoms with Gasteiger partial charge >= 0.3 is 0 Å². The van der Waals surface area contributed by atoms with Crippen molar-refractivity contribution in [3.05, 3.63) is 29.8 Å². The summed E-state index contributed by atoms with van der Waals surface area (Å²) in [7, 11) is 4.14. The van der Waals surface area contributed by atoms with Crippen LogP contribution in [0.2, 0.25) is 0 Å². The smallest absolute Gasteiger partial charge is 0.0361 e. The molecule has 0 saturated heterocycles. The van der Waals surface area contributed by atoms with Crippen LogP contribution in [-0.2, 0) is 6.54 Å². The highest BCUT2D eigenvalue weighted by molar-refractivity contribution is 5.45. The summed E-state index contributed by atoms with van der Waals surface area (Å²) in [4.78, 5) is 2.13. The molecule has 0 aliphatic rings. The SMILES string of the molecule is CC(C)CC(C)CNCc1ccc(N(C)C)cc1. The Morgan fingerprint density at radius 1 is 1.06 bits per heavy atom. The average Bonchev–Trinajstić information content (AvgIpc) is 2.28. The Kier molecular flexibility index (Phi) is 6.20. The van der Waals surface area contributed by atoms with E-state index in [1.165, 1.54) is 17.7 Å². The average molecular weight is 248 g/mol. The maximum Gasteiger partial charge on any atom is 0.0361 e. The standard InChI is InChI=1S/C16H28N2/c1-13(2)10-14(3)11-17-12-15-6-8-16(9-7-15)18(4)5/h6-9,13-14,17H,10-12H2,1-5H3. The highest BCUT2D eigenvalue weighted by Gasteiger charge is 2.04. The molecule has 0 aromatic heterocycles. The summed E-state index contributed by atoms with van der Waals surface area (Å²) in [6, 6.07) is 8.76. The third kappa shape index (κ3) is 5.54. The maximum absolute atomic E-state index is 3.54. The number of rotatable bonds is 7. The summed E-state index contributed by atoms with van der Waals surface area (Å²) in [6.07, 6.45) is 1.30. The van der Waals surface area contributed by atoms with Crippen LogP contribution in [0, 0.1) is 11.8 Å². The van der Waals surface area contributed by atoms with Crippen LogP contribution < -0.4 is 10.2 Å². The molecule has 0 amide bonds. The zero-order valence-electron chi connectivity index (χ0n) is 12.5. The van der Waals surface area contributed by atoms with Gasteiger partial charge in [-0.2, -0.15) is 0 Å². The van der Waals surface area contributed by atoms with Crippen molar-refractivity contribution in [3.63, 3.8) is 0 Å². The second-order valence-electron chi connectivity index (χ2n) is 5.93. The third-order valence-corrected chi connectivity index (χ3v) is 3.15. The van der Waals surface area contributed by atoms with Crippen molar-refractivity contribution in [2.24, 2.45) is 11.8 Å². The van der Waals surface area contributed by atoms with Crippen LogP contribution in [0.15, 0.2) is 24.3 Å². The first-order chi connectivity index (χ1) is 8.49. The van der Waals surface area contributed by atoms with Crippen molar-refractivity contribution in [3.8, 4) is 0 Å². The monoisotopic (exact) mass is 248 g/mol. The van der Waals surface area contributed by atoms with Gasteiger partial charge in [0.25, 0.3) is 0 Å². The molecule has 1 N–H and O–H groups in total. The molecular weight excluding hydrogens is 220 g/mol. The predicted molar refractivity (Wildman–Crippen MR) is 81.1 cm³/mol. The van der Waals surface area contributed by atoms with E-state index in [9.17, 15) is 0 Å². The van der Waals surface area contributed by atoms with Crippen molar-refractivity contribution in [2.75, 3.05) is 25.5 Å². The predicted octanol–water partition coefficient (Wildman–Crippen LogP) is 3.52. The summed E-state index contributed by atoms with van der Waals surface area (Å²) in [6.45, 7) is 8.97. The molecule has 102 valence electrons. The first-order valence-corrected chi connectivity index (χ1v) is 6.96. The van der Waals surface area contributed by atoms with Gasteiger partial charge in [-0.1, -0.05) is 32.9 Å². The molecule has 0 aliphatic carbocycles. The summed E-state index contributed by atoms with van der Waals surface area (Å²) >= 11 is 0. The van der Waals surface area contributed by atoms with Gasteiger partial charge in [0, 0.05) is 26.3 Å². The van der Waals surface area contributed by atoms with E-state index in [1.807, 2.05) is 0 Å².